The highest BCUT2D eigenvalue weighted by Crippen LogP contribution is 2.45. The van der Waals surface area contributed by atoms with Crippen molar-refractivity contribution in [1.82, 2.24) is 0 Å². The van der Waals surface area contributed by atoms with E-state index in [4.69, 9.17) is 9.47 Å². The summed E-state index contributed by atoms with van der Waals surface area (Å²) in [4.78, 5) is 23.1. The van der Waals surface area contributed by atoms with Gasteiger partial charge >= 0.3 is 11.9 Å². The Balaban J connectivity index is 2.00. The molecule has 0 radical (unpaired) electrons. The molecule has 0 aromatic heterocycles. The topological polar surface area (TPSA) is 52.6 Å². The minimum atomic E-state index is -0.925. The Morgan fingerprint density at radius 3 is 2.45 bits per heavy atom. The lowest BCUT2D eigenvalue weighted by Crippen LogP contribution is -2.30. The van der Waals surface area contributed by atoms with Crippen LogP contribution in [0.5, 0.6) is 0 Å². The first-order valence-electron chi connectivity index (χ1n) is 6.77. The van der Waals surface area contributed by atoms with Gasteiger partial charge in [-0.1, -0.05) is 30.3 Å². The molecule has 1 aliphatic heterocycles. The third-order valence-electron chi connectivity index (χ3n) is 3.48. The van der Waals surface area contributed by atoms with E-state index in [9.17, 15) is 9.59 Å². The van der Waals surface area contributed by atoms with Crippen molar-refractivity contribution in [3.63, 3.8) is 0 Å². The van der Waals surface area contributed by atoms with Crippen molar-refractivity contribution < 1.29 is 19.1 Å². The molecular weight excluding hydrogens is 395 g/mol. The Bertz CT molecular complexity index is 701. The van der Waals surface area contributed by atoms with Crippen molar-refractivity contribution in [2.24, 2.45) is 0 Å². The summed E-state index contributed by atoms with van der Waals surface area (Å²) in [5.41, 5.74) is 0.816. The molecule has 22 heavy (non-hydrogen) atoms. The second-order valence-electron chi connectivity index (χ2n) is 5.03. The molecule has 1 aromatic carbocycles. The second-order valence-corrected chi connectivity index (χ2v) is 6.11. The van der Waals surface area contributed by atoms with Gasteiger partial charge in [0, 0.05) is 12.5 Å². The lowest BCUT2D eigenvalue weighted by Gasteiger charge is -2.28. The van der Waals surface area contributed by atoms with E-state index in [1.165, 1.54) is 6.92 Å². The van der Waals surface area contributed by atoms with Gasteiger partial charge in [0.25, 0.3) is 0 Å². The zero-order valence-electron chi connectivity index (χ0n) is 11.8. The van der Waals surface area contributed by atoms with E-state index in [0.717, 1.165) is 11.1 Å². The average molecular weight is 408 g/mol. The number of halogens is 1. The highest BCUT2D eigenvalue weighted by atomic mass is 127. The van der Waals surface area contributed by atoms with Crippen LogP contribution < -0.4 is 0 Å². The van der Waals surface area contributed by atoms with Gasteiger partial charge in [-0.25, -0.2) is 4.79 Å². The zero-order chi connectivity index (χ0) is 15.7. The molecule has 5 heteroatoms. The van der Waals surface area contributed by atoms with Crippen molar-refractivity contribution in [2.75, 3.05) is 0 Å². The second kappa shape index (κ2) is 5.72. The summed E-state index contributed by atoms with van der Waals surface area (Å²) in [6.45, 7) is 1.36. The van der Waals surface area contributed by atoms with E-state index in [2.05, 4.69) is 0 Å². The van der Waals surface area contributed by atoms with E-state index in [0.29, 0.717) is 3.58 Å². The molecule has 0 saturated carbocycles. The maximum absolute atomic E-state index is 12.0. The molecule has 0 amide bonds. The van der Waals surface area contributed by atoms with E-state index in [-0.39, 0.29) is 11.9 Å². The Labute approximate surface area is 141 Å². The fourth-order valence-corrected chi connectivity index (χ4v) is 3.42. The Hall–Kier alpha value is -1.89. The molecule has 1 heterocycles. The average Bonchev–Trinajstić information content (AvgIpc) is 2.73. The molecule has 4 nitrogen and oxygen atoms in total. The summed E-state index contributed by atoms with van der Waals surface area (Å²) < 4.78 is 11.3. The summed E-state index contributed by atoms with van der Waals surface area (Å²) in [6, 6.07) is 9.64. The maximum Gasteiger partial charge on any atom is 0.346 e. The first kappa shape index (κ1) is 15.0. The van der Waals surface area contributed by atoms with Gasteiger partial charge in [-0.15, -0.1) is 0 Å². The number of carbonyl (C=O) groups excluding carboxylic acids is 2. The molecular formula is C17H13IO4. The molecule has 3 rings (SSSR count). The number of benzene rings is 1. The maximum atomic E-state index is 12.0. The molecule has 0 saturated heterocycles. The highest BCUT2D eigenvalue weighted by molar-refractivity contribution is 14.1. The fraction of sp³-hybridized carbons (Fsp3) is 0.176. The first-order valence-corrected chi connectivity index (χ1v) is 7.85. The lowest BCUT2D eigenvalue weighted by atomic mass is 9.85. The number of carbonyl (C=O) groups is 2. The van der Waals surface area contributed by atoms with Crippen LogP contribution in [0.15, 0.2) is 58.2 Å². The lowest BCUT2D eigenvalue weighted by molar-refractivity contribution is -0.143. The van der Waals surface area contributed by atoms with Crippen molar-refractivity contribution in [3.8, 4) is 0 Å². The van der Waals surface area contributed by atoms with Gasteiger partial charge in [0.15, 0.2) is 5.60 Å². The molecule has 0 bridgehead atoms. The monoisotopic (exact) mass is 408 g/mol. The van der Waals surface area contributed by atoms with E-state index in [1.807, 2.05) is 52.9 Å². The smallest absolute Gasteiger partial charge is 0.346 e. The summed E-state index contributed by atoms with van der Waals surface area (Å²) in [7, 11) is 0. The number of esters is 2. The van der Waals surface area contributed by atoms with Crippen LogP contribution in [-0.4, -0.2) is 23.6 Å². The number of hydrogen-bond donors (Lipinski definition) is 0. The normalized spacial score (nSPS) is 26.5. The van der Waals surface area contributed by atoms with Crippen LogP contribution in [0.2, 0.25) is 0 Å². The molecule has 2 aliphatic rings. The van der Waals surface area contributed by atoms with Crippen LogP contribution in [0.1, 0.15) is 12.5 Å². The molecule has 0 N–H and O–H groups in total. The fourth-order valence-electron chi connectivity index (χ4n) is 2.58. The predicted octanol–water partition coefficient (Wildman–Crippen LogP) is 3.19. The van der Waals surface area contributed by atoms with Crippen LogP contribution in [0, 0.1) is 0 Å². The number of rotatable bonds is 2. The molecule has 0 unspecified atom stereocenters. The Kier molecular flexibility index (Phi) is 3.90. The van der Waals surface area contributed by atoms with Crippen molar-refractivity contribution in [2.45, 2.75) is 18.6 Å². The minimum absolute atomic E-state index is 0.348. The van der Waals surface area contributed by atoms with Crippen LogP contribution in [-0.2, 0) is 19.1 Å². The number of hydrogen-bond acceptors (Lipinski definition) is 4. The van der Waals surface area contributed by atoms with E-state index in [1.54, 1.807) is 24.3 Å². The quantitative estimate of drug-likeness (QED) is 0.429. The summed E-state index contributed by atoms with van der Waals surface area (Å²) in [5.74, 6) is -0.702. The zero-order valence-corrected chi connectivity index (χ0v) is 13.9. The van der Waals surface area contributed by atoms with Crippen molar-refractivity contribution in [1.29, 1.82) is 0 Å². The minimum Gasteiger partial charge on any atom is -0.454 e. The third kappa shape index (κ3) is 2.61. The number of ether oxygens (including phenoxy) is 2. The van der Waals surface area contributed by atoms with Crippen LogP contribution in [0.4, 0.5) is 0 Å². The first-order chi connectivity index (χ1) is 10.5. The van der Waals surface area contributed by atoms with Gasteiger partial charge in [0.2, 0.25) is 0 Å². The molecule has 1 aromatic rings. The predicted molar refractivity (Wildman–Crippen MR) is 90.0 cm³/mol. The summed E-state index contributed by atoms with van der Waals surface area (Å²) in [6.07, 6.45) is 6.57. The molecule has 0 fully saturated rings. The summed E-state index contributed by atoms with van der Waals surface area (Å²) >= 11 is 2.01. The van der Waals surface area contributed by atoms with Gasteiger partial charge in [0.1, 0.15) is 9.68 Å². The summed E-state index contributed by atoms with van der Waals surface area (Å²) in [5, 5.41) is 0. The van der Waals surface area contributed by atoms with Crippen molar-refractivity contribution >= 4 is 40.1 Å². The Morgan fingerprint density at radius 1 is 1.23 bits per heavy atom. The molecule has 112 valence electrons. The molecule has 1 spiro atoms. The van der Waals surface area contributed by atoms with E-state index < -0.39 is 11.7 Å². The Morgan fingerprint density at radius 2 is 1.86 bits per heavy atom. The third-order valence-corrected chi connectivity index (χ3v) is 4.46. The van der Waals surface area contributed by atoms with E-state index >= 15 is 0 Å². The highest BCUT2D eigenvalue weighted by Gasteiger charge is 2.45. The van der Waals surface area contributed by atoms with Crippen LogP contribution >= 0.6 is 22.6 Å². The molecule has 1 aliphatic carbocycles. The van der Waals surface area contributed by atoms with Gasteiger partial charge in [-0.05, 0) is 52.5 Å². The van der Waals surface area contributed by atoms with Crippen molar-refractivity contribution in [3.05, 3.63) is 63.8 Å². The van der Waals surface area contributed by atoms with Gasteiger partial charge in [-0.2, -0.15) is 0 Å². The van der Waals surface area contributed by atoms with Crippen LogP contribution in [0.25, 0.3) is 5.57 Å². The SMILES string of the molecule is CC(=O)OC1C=CC2(C=C1)OC(=O)C(I)=C2c1ccccc1. The molecule has 0 atom stereocenters. The van der Waals surface area contributed by atoms with Gasteiger partial charge < -0.3 is 9.47 Å². The van der Waals surface area contributed by atoms with Gasteiger partial charge in [-0.3, -0.25) is 4.79 Å². The standard InChI is InChI=1S/C17H13IO4/c1-11(19)21-13-7-9-17(10-8-13)14(15(18)16(20)22-17)12-5-3-2-4-6-12/h2-10,13H,1H3. The van der Waals surface area contributed by atoms with Gasteiger partial charge in [0.05, 0.1) is 0 Å². The largest absolute Gasteiger partial charge is 0.454 e. The van der Waals surface area contributed by atoms with Crippen LogP contribution in [0.3, 0.4) is 0 Å².